The van der Waals surface area contributed by atoms with E-state index in [9.17, 15) is 4.39 Å². The van der Waals surface area contributed by atoms with Gasteiger partial charge in [-0.15, -0.1) is 0 Å². The largest absolute Gasteiger partial charge is 0.319 e. The summed E-state index contributed by atoms with van der Waals surface area (Å²) >= 11 is 3.24. The van der Waals surface area contributed by atoms with Gasteiger partial charge in [-0.3, -0.25) is 0 Å². The van der Waals surface area contributed by atoms with Gasteiger partial charge < -0.3 is 5.32 Å². The molecule has 0 heterocycles. The highest BCUT2D eigenvalue weighted by molar-refractivity contribution is 9.10. The molecule has 1 N–H and O–H groups in total. The predicted octanol–water partition coefficient (Wildman–Crippen LogP) is 4.01. The van der Waals surface area contributed by atoms with Gasteiger partial charge in [0, 0.05) is 6.54 Å². The van der Waals surface area contributed by atoms with E-state index >= 15 is 0 Å². The van der Waals surface area contributed by atoms with Gasteiger partial charge in [-0.2, -0.15) is 0 Å². The molecular weight excluding hydrogens is 281 g/mol. The van der Waals surface area contributed by atoms with E-state index in [-0.39, 0.29) is 11.2 Å². The number of halogens is 2. The summed E-state index contributed by atoms with van der Waals surface area (Å²) in [5, 5.41) is 3.25. The second-order valence-electron chi connectivity index (χ2n) is 5.26. The zero-order valence-electron chi connectivity index (χ0n) is 11.0. The van der Waals surface area contributed by atoms with E-state index in [1.165, 1.54) is 11.6 Å². The molecule has 1 unspecified atom stereocenters. The van der Waals surface area contributed by atoms with Crippen LogP contribution < -0.4 is 5.32 Å². The third kappa shape index (κ3) is 3.78. The SMILES string of the molecule is CNCC(C)(Cc1ccc(F)c(Br)c1)C(C)C. The molecule has 0 aliphatic heterocycles. The Morgan fingerprint density at radius 1 is 1.41 bits per heavy atom. The van der Waals surface area contributed by atoms with Gasteiger partial charge in [-0.05, 0) is 58.4 Å². The third-order valence-corrected chi connectivity index (χ3v) is 4.17. The topological polar surface area (TPSA) is 12.0 Å². The molecule has 0 saturated carbocycles. The number of nitrogens with one attached hydrogen (secondary N) is 1. The van der Waals surface area contributed by atoms with Crippen LogP contribution in [0.15, 0.2) is 22.7 Å². The fourth-order valence-corrected chi connectivity index (χ4v) is 2.42. The second-order valence-corrected chi connectivity index (χ2v) is 6.12. The second kappa shape index (κ2) is 5.96. The number of benzene rings is 1. The van der Waals surface area contributed by atoms with Crippen molar-refractivity contribution < 1.29 is 4.39 Å². The van der Waals surface area contributed by atoms with E-state index in [4.69, 9.17) is 0 Å². The molecule has 0 bridgehead atoms. The van der Waals surface area contributed by atoms with Gasteiger partial charge in [-0.1, -0.05) is 26.8 Å². The molecule has 3 heteroatoms. The molecule has 1 atom stereocenters. The van der Waals surface area contributed by atoms with Crippen LogP contribution in [0.2, 0.25) is 0 Å². The molecule has 1 rings (SSSR count). The molecule has 0 saturated heterocycles. The standard InChI is InChI=1S/C14H21BrFN/c1-10(2)14(3,9-17-4)8-11-5-6-13(16)12(15)7-11/h5-7,10,17H,8-9H2,1-4H3. The van der Waals surface area contributed by atoms with E-state index in [2.05, 4.69) is 42.0 Å². The summed E-state index contributed by atoms with van der Waals surface area (Å²) in [5.41, 5.74) is 1.36. The van der Waals surface area contributed by atoms with E-state index in [1.807, 2.05) is 19.2 Å². The first-order chi connectivity index (χ1) is 7.89. The van der Waals surface area contributed by atoms with Crippen molar-refractivity contribution in [2.45, 2.75) is 27.2 Å². The molecule has 1 nitrogen and oxygen atoms in total. The number of hydrogen-bond acceptors (Lipinski definition) is 1. The van der Waals surface area contributed by atoms with Crippen molar-refractivity contribution >= 4 is 15.9 Å². The van der Waals surface area contributed by atoms with Crippen molar-refractivity contribution in [1.82, 2.24) is 5.32 Å². The van der Waals surface area contributed by atoms with Gasteiger partial charge in [0.1, 0.15) is 5.82 Å². The molecular formula is C14H21BrFN. The molecule has 0 fully saturated rings. The Balaban J connectivity index is 2.90. The quantitative estimate of drug-likeness (QED) is 0.866. The minimum absolute atomic E-state index is 0.187. The Morgan fingerprint density at radius 2 is 2.06 bits per heavy atom. The summed E-state index contributed by atoms with van der Waals surface area (Å²) in [6.45, 7) is 7.69. The third-order valence-electron chi connectivity index (χ3n) is 3.57. The maximum Gasteiger partial charge on any atom is 0.137 e. The summed E-state index contributed by atoms with van der Waals surface area (Å²) in [6, 6.07) is 5.28. The number of hydrogen-bond donors (Lipinski definition) is 1. The van der Waals surface area contributed by atoms with Gasteiger partial charge >= 0.3 is 0 Å². The lowest BCUT2D eigenvalue weighted by atomic mass is 9.74. The van der Waals surface area contributed by atoms with Crippen LogP contribution in [0.5, 0.6) is 0 Å². The maximum atomic E-state index is 13.2. The van der Waals surface area contributed by atoms with E-state index in [0.29, 0.717) is 10.4 Å². The highest BCUT2D eigenvalue weighted by Crippen LogP contribution is 2.31. The summed E-state index contributed by atoms with van der Waals surface area (Å²) in [6.07, 6.45) is 0.949. The highest BCUT2D eigenvalue weighted by atomic mass is 79.9. The van der Waals surface area contributed by atoms with Crippen LogP contribution in [0, 0.1) is 17.2 Å². The fraction of sp³-hybridized carbons (Fsp3) is 0.571. The molecule has 1 aromatic rings. The highest BCUT2D eigenvalue weighted by Gasteiger charge is 2.27. The lowest BCUT2D eigenvalue weighted by Crippen LogP contribution is -2.36. The predicted molar refractivity (Wildman–Crippen MR) is 74.7 cm³/mol. The molecule has 1 aromatic carbocycles. The number of rotatable bonds is 5. The Bertz CT molecular complexity index is 378. The molecule has 0 amide bonds. The molecule has 17 heavy (non-hydrogen) atoms. The molecule has 0 aliphatic rings. The average molecular weight is 302 g/mol. The first-order valence-corrected chi connectivity index (χ1v) is 6.77. The van der Waals surface area contributed by atoms with Gasteiger partial charge in [0.15, 0.2) is 0 Å². The van der Waals surface area contributed by atoms with Crippen molar-refractivity contribution in [3.63, 3.8) is 0 Å². The molecule has 0 radical (unpaired) electrons. The summed E-state index contributed by atoms with van der Waals surface area (Å²) in [7, 11) is 1.97. The zero-order chi connectivity index (χ0) is 13.1. The normalized spacial score (nSPS) is 15.0. The van der Waals surface area contributed by atoms with Gasteiger partial charge in [-0.25, -0.2) is 4.39 Å². The van der Waals surface area contributed by atoms with Crippen molar-refractivity contribution in [2.24, 2.45) is 11.3 Å². The van der Waals surface area contributed by atoms with Crippen molar-refractivity contribution in [1.29, 1.82) is 0 Å². The monoisotopic (exact) mass is 301 g/mol. The van der Waals surface area contributed by atoms with Gasteiger partial charge in [0.2, 0.25) is 0 Å². The van der Waals surface area contributed by atoms with Gasteiger partial charge in [0.05, 0.1) is 4.47 Å². The maximum absolute atomic E-state index is 13.2. The summed E-state index contributed by atoms with van der Waals surface area (Å²) in [4.78, 5) is 0. The summed E-state index contributed by atoms with van der Waals surface area (Å²) < 4.78 is 13.7. The Labute approximate surface area is 112 Å². The minimum Gasteiger partial charge on any atom is -0.319 e. The molecule has 0 aliphatic carbocycles. The average Bonchev–Trinajstić information content (AvgIpc) is 2.23. The van der Waals surface area contributed by atoms with Crippen LogP contribution in [-0.4, -0.2) is 13.6 Å². The lowest BCUT2D eigenvalue weighted by Gasteiger charge is -2.34. The van der Waals surface area contributed by atoms with Crippen LogP contribution in [0.3, 0.4) is 0 Å². The first kappa shape index (κ1) is 14.7. The van der Waals surface area contributed by atoms with Crippen molar-refractivity contribution in [2.75, 3.05) is 13.6 Å². The Hall–Kier alpha value is -0.410. The minimum atomic E-state index is -0.200. The van der Waals surface area contributed by atoms with E-state index in [0.717, 1.165) is 13.0 Å². The Morgan fingerprint density at radius 3 is 2.53 bits per heavy atom. The molecule has 96 valence electrons. The van der Waals surface area contributed by atoms with Crippen LogP contribution in [-0.2, 0) is 6.42 Å². The fourth-order valence-electron chi connectivity index (χ4n) is 1.99. The lowest BCUT2D eigenvalue weighted by molar-refractivity contribution is 0.212. The van der Waals surface area contributed by atoms with Crippen LogP contribution in [0.1, 0.15) is 26.3 Å². The van der Waals surface area contributed by atoms with Crippen molar-refractivity contribution in [3.05, 3.63) is 34.1 Å². The van der Waals surface area contributed by atoms with E-state index in [1.54, 1.807) is 0 Å². The smallest absolute Gasteiger partial charge is 0.137 e. The summed E-state index contributed by atoms with van der Waals surface area (Å²) in [5.74, 6) is 0.368. The Kier molecular flexibility index (Phi) is 5.14. The van der Waals surface area contributed by atoms with Crippen molar-refractivity contribution in [3.8, 4) is 0 Å². The first-order valence-electron chi connectivity index (χ1n) is 5.97. The van der Waals surface area contributed by atoms with Crippen LogP contribution in [0.25, 0.3) is 0 Å². The van der Waals surface area contributed by atoms with E-state index < -0.39 is 0 Å². The zero-order valence-corrected chi connectivity index (χ0v) is 12.6. The van der Waals surface area contributed by atoms with Crippen LogP contribution in [0.4, 0.5) is 4.39 Å². The van der Waals surface area contributed by atoms with Gasteiger partial charge in [0.25, 0.3) is 0 Å². The van der Waals surface area contributed by atoms with Crippen LogP contribution >= 0.6 is 15.9 Å². The molecule has 0 spiro atoms. The molecule has 0 aromatic heterocycles.